The highest BCUT2D eigenvalue weighted by Gasteiger charge is 2.19. The van der Waals surface area contributed by atoms with E-state index in [-0.39, 0.29) is 6.42 Å². The molecule has 0 spiro atoms. The normalized spacial score (nSPS) is 11.7. The number of primary amides is 1. The number of nitrogens with one attached hydrogen (secondary N) is 1. The maximum absolute atomic E-state index is 11.8. The van der Waals surface area contributed by atoms with Gasteiger partial charge in [-0.2, -0.15) is 0 Å². The van der Waals surface area contributed by atoms with Gasteiger partial charge in [0.05, 0.1) is 6.42 Å². The molecule has 0 aromatic heterocycles. The molecule has 6 nitrogen and oxygen atoms in total. The van der Waals surface area contributed by atoms with Crippen molar-refractivity contribution in [2.24, 2.45) is 5.73 Å². The number of amides is 3. The molecule has 0 aliphatic heterocycles. The lowest BCUT2D eigenvalue weighted by molar-refractivity contribution is -0.153. The molecule has 2 rings (SSSR count). The van der Waals surface area contributed by atoms with Gasteiger partial charge in [-0.3, -0.25) is 14.9 Å². The first-order valence-corrected chi connectivity index (χ1v) is 6.73. The average molecular weight is 300 g/mol. The van der Waals surface area contributed by atoms with Crippen LogP contribution >= 0.6 is 0 Å². The van der Waals surface area contributed by atoms with Crippen molar-refractivity contribution in [3.8, 4) is 0 Å². The molecule has 0 aliphatic carbocycles. The summed E-state index contributed by atoms with van der Waals surface area (Å²) in [6.07, 6.45) is -1.04. The largest absolute Gasteiger partial charge is 0.452 e. The summed E-state index contributed by atoms with van der Waals surface area (Å²) < 4.78 is 4.97. The first kappa shape index (κ1) is 15.5. The molecule has 3 amide bonds. The third-order valence-corrected chi connectivity index (χ3v) is 3.09. The van der Waals surface area contributed by atoms with E-state index in [0.717, 1.165) is 16.3 Å². The van der Waals surface area contributed by atoms with Crippen molar-refractivity contribution < 1.29 is 19.1 Å². The van der Waals surface area contributed by atoms with Crippen LogP contribution in [0.1, 0.15) is 12.5 Å². The summed E-state index contributed by atoms with van der Waals surface area (Å²) in [5, 5.41) is 3.96. The van der Waals surface area contributed by atoms with Gasteiger partial charge in [-0.1, -0.05) is 42.5 Å². The molecule has 0 saturated carbocycles. The molecule has 0 radical (unpaired) electrons. The maximum Gasteiger partial charge on any atom is 0.318 e. The van der Waals surface area contributed by atoms with Gasteiger partial charge in [0.25, 0.3) is 5.91 Å². The van der Waals surface area contributed by atoms with Crippen molar-refractivity contribution in [2.45, 2.75) is 19.4 Å². The van der Waals surface area contributed by atoms with E-state index in [2.05, 4.69) is 0 Å². The van der Waals surface area contributed by atoms with Crippen molar-refractivity contribution in [3.63, 3.8) is 0 Å². The van der Waals surface area contributed by atoms with Crippen molar-refractivity contribution in [3.05, 3.63) is 48.0 Å². The highest BCUT2D eigenvalue weighted by Crippen LogP contribution is 2.16. The molecule has 0 unspecified atom stereocenters. The lowest BCUT2D eigenvalue weighted by atomic mass is 10.1. The smallest absolute Gasteiger partial charge is 0.318 e. The molecule has 2 aromatic rings. The average Bonchev–Trinajstić information content (AvgIpc) is 2.46. The van der Waals surface area contributed by atoms with Gasteiger partial charge in [0.1, 0.15) is 0 Å². The molecule has 0 bridgehead atoms. The Kier molecular flexibility index (Phi) is 4.73. The van der Waals surface area contributed by atoms with Crippen LogP contribution in [0.5, 0.6) is 0 Å². The topological polar surface area (TPSA) is 98.5 Å². The molecule has 6 heteroatoms. The summed E-state index contributed by atoms with van der Waals surface area (Å²) in [6, 6.07) is 12.4. The Bertz CT molecular complexity index is 727. The highest BCUT2D eigenvalue weighted by molar-refractivity contribution is 5.96. The van der Waals surface area contributed by atoms with E-state index in [0.29, 0.717) is 0 Å². The van der Waals surface area contributed by atoms with Gasteiger partial charge in [-0.25, -0.2) is 4.79 Å². The molecule has 2 aromatic carbocycles. The van der Waals surface area contributed by atoms with Crippen LogP contribution in [-0.2, 0) is 20.7 Å². The van der Waals surface area contributed by atoms with E-state index < -0.39 is 24.0 Å². The third-order valence-electron chi connectivity index (χ3n) is 3.09. The van der Waals surface area contributed by atoms with E-state index in [9.17, 15) is 14.4 Å². The van der Waals surface area contributed by atoms with Crippen LogP contribution in [0.2, 0.25) is 0 Å². The van der Waals surface area contributed by atoms with Crippen LogP contribution in [0.3, 0.4) is 0 Å². The minimum Gasteiger partial charge on any atom is -0.452 e. The van der Waals surface area contributed by atoms with Gasteiger partial charge < -0.3 is 10.5 Å². The molecule has 1 atom stereocenters. The number of fused-ring (bicyclic) bond motifs is 1. The predicted octanol–water partition coefficient (Wildman–Crippen LogP) is 1.51. The fraction of sp³-hybridized carbons (Fsp3) is 0.188. The molecule has 0 aliphatic rings. The molecule has 114 valence electrons. The van der Waals surface area contributed by atoms with Gasteiger partial charge in [0.2, 0.25) is 0 Å². The molecule has 0 heterocycles. The number of carbonyl (C=O) groups is 3. The van der Waals surface area contributed by atoms with Crippen molar-refractivity contribution in [1.29, 1.82) is 0 Å². The minimum absolute atomic E-state index is 0.0407. The monoisotopic (exact) mass is 300 g/mol. The summed E-state index contributed by atoms with van der Waals surface area (Å²) in [6.45, 7) is 1.37. The Morgan fingerprint density at radius 2 is 1.82 bits per heavy atom. The Balaban J connectivity index is 1.98. The molecule has 22 heavy (non-hydrogen) atoms. The molecule has 0 saturated heterocycles. The number of rotatable bonds is 4. The molecule has 3 N–H and O–H groups in total. The second kappa shape index (κ2) is 6.71. The zero-order chi connectivity index (χ0) is 16.1. The van der Waals surface area contributed by atoms with Gasteiger partial charge >= 0.3 is 12.0 Å². The number of ether oxygens (including phenoxy) is 1. The first-order chi connectivity index (χ1) is 10.5. The second-order valence-corrected chi connectivity index (χ2v) is 4.84. The van der Waals surface area contributed by atoms with E-state index >= 15 is 0 Å². The fourth-order valence-electron chi connectivity index (χ4n) is 2.03. The number of urea groups is 1. The molecular formula is C16H16N2O4. The van der Waals surface area contributed by atoms with Gasteiger partial charge in [0, 0.05) is 0 Å². The van der Waals surface area contributed by atoms with Gasteiger partial charge in [0.15, 0.2) is 6.10 Å². The fourth-order valence-corrected chi connectivity index (χ4v) is 2.03. The molecule has 0 fully saturated rings. The number of benzene rings is 2. The summed E-state index contributed by atoms with van der Waals surface area (Å²) in [7, 11) is 0. The third kappa shape index (κ3) is 4.05. The van der Waals surface area contributed by atoms with Crippen LogP contribution in [-0.4, -0.2) is 24.0 Å². The Morgan fingerprint density at radius 1 is 1.14 bits per heavy atom. The molecular weight excluding hydrogens is 284 g/mol. The summed E-state index contributed by atoms with van der Waals surface area (Å²) in [4.78, 5) is 33.8. The quantitative estimate of drug-likeness (QED) is 0.836. The lowest BCUT2D eigenvalue weighted by Crippen LogP contribution is -2.42. The second-order valence-electron chi connectivity index (χ2n) is 4.84. The predicted molar refractivity (Wildman–Crippen MR) is 80.9 cm³/mol. The Morgan fingerprint density at radius 3 is 2.50 bits per heavy atom. The standard InChI is InChI=1S/C16H16N2O4/c1-10(15(20)18-16(17)21)22-14(19)9-11-6-7-12-4-2-3-5-13(12)8-11/h2-8,10H,9H2,1H3,(H3,17,18,20,21)/t10-/m0/s1. The van der Waals surface area contributed by atoms with Crippen LogP contribution in [0.15, 0.2) is 42.5 Å². The highest BCUT2D eigenvalue weighted by atomic mass is 16.5. The van der Waals surface area contributed by atoms with Crippen molar-refractivity contribution in [2.75, 3.05) is 0 Å². The first-order valence-electron chi connectivity index (χ1n) is 6.73. The maximum atomic E-state index is 11.8. The van der Waals surface area contributed by atoms with Gasteiger partial charge in [-0.15, -0.1) is 0 Å². The summed E-state index contributed by atoms with van der Waals surface area (Å²) in [5.74, 6) is -1.30. The van der Waals surface area contributed by atoms with E-state index in [4.69, 9.17) is 10.5 Å². The lowest BCUT2D eigenvalue weighted by Gasteiger charge is -2.12. The summed E-state index contributed by atoms with van der Waals surface area (Å²) in [5.41, 5.74) is 5.61. The zero-order valence-electron chi connectivity index (χ0n) is 12.0. The zero-order valence-corrected chi connectivity index (χ0v) is 12.0. The summed E-state index contributed by atoms with van der Waals surface area (Å²) >= 11 is 0. The SMILES string of the molecule is C[C@H](OC(=O)Cc1ccc2ccccc2c1)C(=O)NC(N)=O. The van der Waals surface area contributed by atoms with Crippen LogP contribution in [0, 0.1) is 0 Å². The van der Waals surface area contributed by atoms with Gasteiger partial charge in [-0.05, 0) is 23.3 Å². The number of nitrogens with two attached hydrogens (primary N) is 1. The number of hydrogen-bond donors (Lipinski definition) is 2. The number of esters is 1. The van der Waals surface area contributed by atoms with E-state index in [1.165, 1.54) is 6.92 Å². The Hall–Kier alpha value is -2.89. The van der Waals surface area contributed by atoms with Crippen molar-refractivity contribution in [1.82, 2.24) is 5.32 Å². The number of hydrogen-bond acceptors (Lipinski definition) is 4. The van der Waals surface area contributed by atoms with Crippen molar-refractivity contribution >= 4 is 28.7 Å². The van der Waals surface area contributed by atoms with E-state index in [1.54, 1.807) is 0 Å². The van der Waals surface area contributed by atoms with Crippen LogP contribution < -0.4 is 11.1 Å². The minimum atomic E-state index is -1.08. The number of imide groups is 1. The van der Waals surface area contributed by atoms with Crippen LogP contribution in [0.25, 0.3) is 10.8 Å². The van der Waals surface area contributed by atoms with E-state index in [1.807, 2.05) is 47.8 Å². The number of carbonyl (C=O) groups excluding carboxylic acids is 3. The van der Waals surface area contributed by atoms with Crippen LogP contribution in [0.4, 0.5) is 4.79 Å². The Labute approximate surface area is 127 Å².